The zero-order chi connectivity index (χ0) is 15.2. The van der Waals surface area contributed by atoms with Crippen molar-refractivity contribution in [2.24, 2.45) is 4.99 Å². The Morgan fingerprint density at radius 3 is 2.86 bits per heavy atom. The molecule has 0 atom stereocenters. The number of hydrogen-bond acceptors (Lipinski definition) is 5. The summed E-state index contributed by atoms with van der Waals surface area (Å²) < 4.78 is 5.64. The maximum Gasteiger partial charge on any atom is 0.290 e. The molecule has 1 aliphatic heterocycles. The van der Waals surface area contributed by atoms with E-state index in [1.807, 2.05) is 0 Å². The number of unbranched alkanes of at least 4 members (excludes halogenated alkanes) is 3. The van der Waals surface area contributed by atoms with Crippen molar-refractivity contribution in [2.45, 2.75) is 64.7 Å². The molecular weight excluding hydrogens is 304 g/mol. The van der Waals surface area contributed by atoms with Crippen molar-refractivity contribution in [3.8, 4) is 0 Å². The first-order chi connectivity index (χ1) is 10.3. The first-order valence-corrected chi connectivity index (χ1v) is 10.3. The quantitative estimate of drug-likeness (QED) is 0.569. The van der Waals surface area contributed by atoms with Gasteiger partial charge in [-0.2, -0.15) is 0 Å². The molecule has 0 fully saturated rings. The van der Waals surface area contributed by atoms with Crippen LogP contribution in [0.25, 0.3) is 0 Å². The zero-order valence-corrected chi connectivity index (χ0v) is 14.7. The van der Waals surface area contributed by atoms with E-state index in [-0.39, 0.29) is 5.24 Å². The number of ether oxygens (including phenoxy) is 1. The summed E-state index contributed by atoms with van der Waals surface area (Å²) in [7, 11) is 2.53. The summed E-state index contributed by atoms with van der Waals surface area (Å²) >= 11 is 0. The summed E-state index contributed by atoms with van der Waals surface area (Å²) in [5.74, 6) is 0. The third kappa shape index (κ3) is 10.9. The highest BCUT2D eigenvalue weighted by molar-refractivity contribution is 8.87. The van der Waals surface area contributed by atoms with Crippen LogP contribution in [0.1, 0.15) is 64.7 Å². The van der Waals surface area contributed by atoms with E-state index in [9.17, 15) is 4.79 Å². The van der Waals surface area contributed by atoms with Crippen LogP contribution in [0.4, 0.5) is 4.79 Å². The number of hydrogen-bond donors (Lipinski definition) is 1. The average molecular weight is 333 g/mol. The molecule has 0 aromatic carbocycles. The van der Waals surface area contributed by atoms with Gasteiger partial charge >= 0.3 is 0 Å². The van der Waals surface area contributed by atoms with Crippen LogP contribution >= 0.6 is 21.6 Å². The normalized spacial score (nSPS) is 19.2. The van der Waals surface area contributed by atoms with Gasteiger partial charge in [0.2, 0.25) is 0 Å². The standard InChI is InChI=1S/C15H28N2O2S2/c1-2-3-4-8-11-16-14(18)20-21-15-17-12-9-6-5-7-10-13-19-15/h2-13H2,1H3,(H,16,18)/b17-15+. The van der Waals surface area contributed by atoms with E-state index >= 15 is 0 Å². The average Bonchev–Trinajstić information content (AvgIpc) is 2.51. The van der Waals surface area contributed by atoms with E-state index in [0.29, 0.717) is 11.8 Å². The maximum atomic E-state index is 11.7. The van der Waals surface area contributed by atoms with Gasteiger partial charge in [-0.1, -0.05) is 45.4 Å². The smallest absolute Gasteiger partial charge is 0.290 e. The third-order valence-electron chi connectivity index (χ3n) is 3.26. The number of carbonyl (C=O) groups excluding carboxylic acids is 1. The second-order valence-corrected chi connectivity index (χ2v) is 7.26. The molecule has 0 aromatic rings. The molecule has 0 radical (unpaired) electrons. The summed E-state index contributed by atoms with van der Waals surface area (Å²) in [4.78, 5) is 16.1. The highest BCUT2D eigenvalue weighted by Crippen LogP contribution is 2.25. The fraction of sp³-hybridized carbons (Fsp3) is 0.867. The van der Waals surface area contributed by atoms with Gasteiger partial charge in [0.25, 0.3) is 10.5 Å². The van der Waals surface area contributed by atoms with Crippen LogP contribution in [0.5, 0.6) is 0 Å². The number of rotatable bonds is 5. The lowest BCUT2D eigenvalue weighted by atomic mass is 10.1. The van der Waals surface area contributed by atoms with Crippen molar-refractivity contribution in [3.63, 3.8) is 0 Å². The van der Waals surface area contributed by atoms with Crippen LogP contribution in [-0.4, -0.2) is 30.2 Å². The van der Waals surface area contributed by atoms with Gasteiger partial charge in [-0.05, 0) is 19.3 Å². The van der Waals surface area contributed by atoms with E-state index in [1.165, 1.54) is 60.1 Å². The van der Waals surface area contributed by atoms with E-state index in [0.717, 1.165) is 32.4 Å². The topological polar surface area (TPSA) is 50.7 Å². The number of aliphatic imine (C=N–C) groups is 1. The van der Waals surface area contributed by atoms with Crippen molar-refractivity contribution >= 4 is 32.1 Å². The Kier molecular flexibility index (Phi) is 11.8. The summed E-state index contributed by atoms with van der Waals surface area (Å²) in [5, 5.41) is 3.58. The largest absolute Gasteiger partial charge is 0.472 e. The summed E-state index contributed by atoms with van der Waals surface area (Å²) in [5.41, 5.74) is 0. The van der Waals surface area contributed by atoms with E-state index in [1.54, 1.807) is 0 Å². The molecule has 6 heteroatoms. The Bertz CT molecular complexity index is 312. The highest BCUT2D eigenvalue weighted by Gasteiger charge is 2.09. The zero-order valence-electron chi connectivity index (χ0n) is 13.1. The molecule has 21 heavy (non-hydrogen) atoms. The molecule has 0 saturated carbocycles. The van der Waals surface area contributed by atoms with Crippen molar-refractivity contribution < 1.29 is 9.53 Å². The van der Waals surface area contributed by atoms with Crippen molar-refractivity contribution in [1.29, 1.82) is 0 Å². The van der Waals surface area contributed by atoms with Crippen LogP contribution in [0, 0.1) is 0 Å². The van der Waals surface area contributed by atoms with Gasteiger partial charge in [0, 0.05) is 34.7 Å². The number of nitrogens with zero attached hydrogens (tertiary/aromatic N) is 1. The summed E-state index contributed by atoms with van der Waals surface area (Å²) in [6.45, 7) is 4.47. The van der Waals surface area contributed by atoms with Crippen molar-refractivity contribution in [1.82, 2.24) is 5.32 Å². The number of amides is 1. The van der Waals surface area contributed by atoms with Crippen LogP contribution in [0.15, 0.2) is 4.99 Å². The Balaban J connectivity index is 2.15. The van der Waals surface area contributed by atoms with Gasteiger partial charge in [-0.15, -0.1) is 0 Å². The van der Waals surface area contributed by atoms with E-state index in [4.69, 9.17) is 4.74 Å². The predicted molar refractivity (Wildman–Crippen MR) is 94.1 cm³/mol. The Morgan fingerprint density at radius 1 is 1.19 bits per heavy atom. The maximum absolute atomic E-state index is 11.7. The molecule has 1 heterocycles. The lowest BCUT2D eigenvalue weighted by Gasteiger charge is -2.10. The van der Waals surface area contributed by atoms with Crippen LogP contribution in [-0.2, 0) is 4.74 Å². The molecule has 0 aromatic heterocycles. The minimum atomic E-state index is -0.0000994. The van der Waals surface area contributed by atoms with Crippen LogP contribution < -0.4 is 5.32 Å². The molecule has 122 valence electrons. The Morgan fingerprint density at radius 2 is 2.00 bits per heavy atom. The number of nitrogens with one attached hydrogen (secondary N) is 1. The first kappa shape index (κ1) is 18.7. The fourth-order valence-electron chi connectivity index (χ4n) is 2.02. The molecule has 1 N–H and O–H groups in total. The van der Waals surface area contributed by atoms with Crippen molar-refractivity contribution in [2.75, 3.05) is 19.7 Å². The first-order valence-electron chi connectivity index (χ1n) is 8.12. The fourth-order valence-corrected chi connectivity index (χ4v) is 3.52. The molecule has 1 rings (SSSR count). The van der Waals surface area contributed by atoms with Gasteiger partial charge in [-0.25, -0.2) is 4.99 Å². The third-order valence-corrected chi connectivity index (χ3v) is 5.16. The molecule has 0 bridgehead atoms. The van der Waals surface area contributed by atoms with E-state index < -0.39 is 0 Å². The molecule has 1 amide bonds. The van der Waals surface area contributed by atoms with Gasteiger partial charge < -0.3 is 10.1 Å². The van der Waals surface area contributed by atoms with Crippen molar-refractivity contribution in [3.05, 3.63) is 0 Å². The minimum absolute atomic E-state index is 0.0000994. The lowest BCUT2D eigenvalue weighted by molar-refractivity contribution is 0.260. The van der Waals surface area contributed by atoms with Gasteiger partial charge in [0.15, 0.2) is 0 Å². The molecular formula is C15H28N2O2S2. The Hall–Kier alpha value is -0.360. The van der Waals surface area contributed by atoms with Crippen LogP contribution in [0.3, 0.4) is 0 Å². The second-order valence-electron chi connectivity index (χ2n) is 5.21. The molecule has 0 spiro atoms. The second kappa shape index (κ2) is 13.3. The molecule has 0 aliphatic carbocycles. The van der Waals surface area contributed by atoms with Crippen LogP contribution in [0.2, 0.25) is 0 Å². The van der Waals surface area contributed by atoms with E-state index in [2.05, 4.69) is 17.2 Å². The van der Waals surface area contributed by atoms with Gasteiger partial charge in [-0.3, -0.25) is 4.79 Å². The Labute approximate surface area is 136 Å². The predicted octanol–water partition coefficient (Wildman–Crippen LogP) is 4.99. The number of carbonyl (C=O) groups is 1. The minimum Gasteiger partial charge on any atom is -0.472 e. The summed E-state index contributed by atoms with van der Waals surface area (Å²) in [6, 6.07) is 0. The van der Waals surface area contributed by atoms with Gasteiger partial charge in [0.1, 0.15) is 0 Å². The molecule has 1 aliphatic rings. The lowest BCUT2D eigenvalue weighted by Crippen LogP contribution is -2.19. The monoisotopic (exact) mass is 332 g/mol. The molecule has 0 unspecified atom stereocenters. The highest BCUT2D eigenvalue weighted by atomic mass is 33.1. The molecule has 4 nitrogen and oxygen atoms in total. The van der Waals surface area contributed by atoms with Gasteiger partial charge in [0.05, 0.1) is 6.61 Å². The SMILES string of the molecule is CCCCCCNC(=O)SS/C1=N/CCCCCCCO1. The molecule has 0 saturated heterocycles. The summed E-state index contributed by atoms with van der Waals surface area (Å²) in [6.07, 6.45) is 10.6.